The molecule has 24 heavy (non-hydrogen) atoms. The number of nitrogens with zero attached hydrogens (tertiary/aromatic N) is 6. The molecule has 0 atom stereocenters. The quantitative estimate of drug-likeness (QED) is 0.712. The van der Waals surface area contributed by atoms with Crippen LogP contribution in [0.25, 0.3) is 0 Å². The average Bonchev–Trinajstić information content (AvgIpc) is 3.26. The Morgan fingerprint density at radius 2 is 2.00 bits per heavy atom. The lowest BCUT2D eigenvalue weighted by Gasteiger charge is -2.28. The van der Waals surface area contributed by atoms with Crippen LogP contribution in [0.3, 0.4) is 0 Å². The molecular formula is C17H20N6O. The molecule has 1 aliphatic rings. The lowest BCUT2D eigenvalue weighted by molar-refractivity contribution is 0.207. The fourth-order valence-electron chi connectivity index (χ4n) is 3.10. The van der Waals surface area contributed by atoms with E-state index in [1.807, 2.05) is 23.0 Å². The third-order valence-electron chi connectivity index (χ3n) is 4.38. The van der Waals surface area contributed by atoms with Gasteiger partial charge in [-0.3, -0.25) is 4.90 Å². The van der Waals surface area contributed by atoms with Crippen LogP contribution in [0.15, 0.2) is 43.1 Å². The van der Waals surface area contributed by atoms with E-state index < -0.39 is 0 Å². The Kier molecular flexibility index (Phi) is 4.00. The first kappa shape index (κ1) is 14.9. The Balaban J connectivity index is 1.43. The molecule has 7 nitrogen and oxygen atoms in total. The van der Waals surface area contributed by atoms with Crippen molar-refractivity contribution in [2.75, 3.05) is 13.7 Å². The molecule has 0 spiro atoms. The van der Waals surface area contributed by atoms with Gasteiger partial charge in [-0.25, -0.2) is 14.6 Å². The Morgan fingerprint density at radius 3 is 2.75 bits per heavy atom. The number of ether oxygens (including phenoxy) is 1. The predicted molar refractivity (Wildman–Crippen MR) is 88.5 cm³/mol. The predicted octanol–water partition coefficient (Wildman–Crippen LogP) is 1.55. The molecular weight excluding hydrogens is 304 g/mol. The first-order valence-corrected chi connectivity index (χ1v) is 8.03. The van der Waals surface area contributed by atoms with Crippen molar-refractivity contribution in [1.82, 2.24) is 29.2 Å². The fraction of sp³-hybridized carbons (Fsp3) is 0.353. The van der Waals surface area contributed by atoms with Crippen molar-refractivity contribution in [2.45, 2.75) is 26.2 Å². The lowest BCUT2D eigenvalue weighted by atomic mass is 10.2. The molecule has 124 valence electrons. The third kappa shape index (κ3) is 3.03. The minimum Gasteiger partial charge on any atom is -0.497 e. The van der Waals surface area contributed by atoms with E-state index in [1.54, 1.807) is 19.8 Å². The number of fused-ring (bicyclic) bond motifs is 1. The lowest BCUT2D eigenvalue weighted by Crippen LogP contribution is -2.34. The Morgan fingerprint density at radius 1 is 1.12 bits per heavy atom. The van der Waals surface area contributed by atoms with Crippen LogP contribution >= 0.6 is 0 Å². The second kappa shape index (κ2) is 6.45. The molecule has 3 heterocycles. The van der Waals surface area contributed by atoms with Crippen molar-refractivity contribution in [1.29, 1.82) is 0 Å². The van der Waals surface area contributed by atoms with E-state index in [-0.39, 0.29) is 0 Å². The smallest absolute Gasteiger partial charge is 0.137 e. The van der Waals surface area contributed by atoms with E-state index >= 15 is 0 Å². The summed E-state index contributed by atoms with van der Waals surface area (Å²) in [6.45, 7) is 4.47. The standard InChI is InChI=1S/C17H20N6O/c1-24-16-4-2-14(3-5-16)9-21-6-7-23-15(8-19-17(23)11-21)10-22-13-18-12-20-22/h2-5,8,12-13H,6-7,9-11H2,1H3. The summed E-state index contributed by atoms with van der Waals surface area (Å²) in [7, 11) is 1.69. The molecule has 0 fully saturated rings. The maximum atomic E-state index is 5.21. The SMILES string of the molecule is COc1ccc(CN2CCn3c(Cn4cncn4)cnc3C2)cc1. The van der Waals surface area contributed by atoms with E-state index in [2.05, 4.69) is 36.7 Å². The highest BCUT2D eigenvalue weighted by Crippen LogP contribution is 2.18. The average molecular weight is 324 g/mol. The molecule has 2 aromatic heterocycles. The third-order valence-corrected chi connectivity index (χ3v) is 4.38. The zero-order valence-electron chi connectivity index (χ0n) is 13.7. The van der Waals surface area contributed by atoms with Crippen LogP contribution in [-0.2, 0) is 26.2 Å². The van der Waals surface area contributed by atoms with Gasteiger partial charge < -0.3 is 9.30 Å². The number of imidazole rings is 1. The number of hydrogen-bond donors (Lipinski definition) is 0. The first-order valence-electron chi connectivity index (χ1n) is 8.03. The maximum Gasteiger partial charge on any atom is 0.137 e. The van der Waals surface area contributed by atoms with Gasteiger partial charge in [0.25, 0.3) is 0 Å². The largest absolute Gasteiger partial charge is 0.497 e. The van der Waals surface area contributed by atoms with Gasteiger partial charge in [-0.05, 0) is 17.7 Å². The molecule has 0 unspecified atom stereocenters. The summed E-state index contributed by atoms with van der Waals surface area (Å²) in [5.41, 5.74) is 2.47. The minimum absolute atomic E-state index is 0.714. The van der Waals surface area contributed by atoms with Gasteiger partial charge in [-0.15, -0.1) is 0 Å². The van der Waals surface area contributed by atoms with Crippen LogP contribution in [0.2, 0.25) is 0 Å². The Bertz CT molecular complexity index is 793. The summed E-state index contributed by atoms with van der Waals surface area (Å²) < 4.78 is 9.34. The van der Waals surface area contributed by atoms with Gasteiger partial charge in [0, 0.05) is 19.6 Å². The van der Waals surface area contributed by atoms with Gasteiger partial charge in [0.2, 0.25) is 0 Å². The molecule has 0 radical (unpaired) electrons. The summed E-state index contributed by atoms with van der Waals surface area (Å²) in [5, 5.41) is 4.17. The molecule has 4 rings (SSSR count). The number of hydrogen-bond acceptors (Lipinski definition) is 5. The highest BCUT2D eigenvalue weighted by atomic mass is 16.5. The summed E-state index contributed by atoms with van der Waals surface area (Å²) in [5.74, 6) is 2.01. The zero-order chi connectivity index (χ0) is 16.4. The Labute approximate surface area is 140 Å². The first-order chi connectivity index (χ1) is 11.8. The van der Waals surface area contributed by atoms with Crippen molar-refractivity contribution >= 4 is 0 Å². The van der Waals surface area contributed by atoms with E-state index in [0.29, 0.717) is 6.54 Å². The molecule has 0 N–H and O–H groups in total. The van der Waals surface area contributed by atoms with Crippen molar-refractivity contribution in [3.8, 4) is 5.75 Å². The molecule has 1 aromatic carbocycles. The number of aromatic nitrogens is 5. The number of rotatable bonds is 5. The molecule has 0 aliphatic carbocycles. The highest BCUT2D eigenvalue weighted by molar-refractivity contribution is 5.27. The molecule has 0 saturated carbocycles. The van der Waals surface area contributed by atoms with Gasteiger partial charge in [0.15, 0.2) is 0 Å². The van der Waals surface area contributed by atoms with E-state index in [9.17, 15) is 0 Å². The summed E-state index contributed by atoms with van der Waals surface area (Å²) in [6, 6.07) is 8.26. The highest BCUT2D eigenvalue weighted by Gasteiger charge is 2.20. The van der Waals surface area contributed by atoms with E-state index in [4.69, 9.17) is 4.74 Å². The minimum atomic E-state index is 0.714. The van der Waals surface area contributed by atoms with Gasteiger partial charge in [-0.1, -0.05) is 12.1 Å². The van der Waals surface area contributed by atoms with Crippen LogP contribution in [-0.4, -0.2) is 42.9 Å². The molecule has 7 heteroatoms. The van der Waals surface area contributed by atoms with Crippen molar-refractivity contribution < 1.29 is 4.74 Å². The van der Waals surface area contributed by atoms with Gasteiger partial charge in [-0.2, -0.15) is 5.10 Å². The summed E-state index contributed by atoms with van der Waals surface area (Å²) in [6.07, 6.45) is 5.25. The second-order valence-corrected chi connectivity index (χ2v) is 5.97. The van der Waals surface area contributed by atoms with Crippen LogP contribution < -0.4 is 4.74 Å². The topological polar surface area (TPSA) is 61.0 Å². The van der Waals surface area contributed by atoms with Crippen LogP contribution in [0.1, 0.15) is 17.1 Å². The van der Waals surface area contributed by atoms with Crippen molar-refractivity contribution in [2.24, 2.45) is 0 Å². The van der Waals surface area contributed by atoms with Crippen LogP contribution in [0.4, 0.5) is 0 Å². The Hall–Kier alpha value is -2.67. The molecule has 1 aliphatic heterocycles. The van der Waals surface area contributed by atoms with Crippen molar-refractivity contribution in [3.63, 3.8) is 0 Å². The van der Waals surface area contributed by atoms with Crippen LogP contribution in [0, 0.1) is 0 Å². The van der Waals surface area contributed by atoms with Crippen LogP contribution in [0.5, 0.6) is 5.75 Å². The molecule has 0 amide bonds. The monoisotopic (exact) mass is 324 g/mol. The molecule has 0 saturated heterocycles. The second-order valence-electron chi connectivity index (χ2n) is 5.97. The number of benzene rings is 1. The normalized spacial score (nSPS) is 14.5. The summed E-state index contributed by atoms with van der Waals surface area (Å²) in [4.78, 5) is 11.0. The number of methoxy groups -OCH3 is 1. The van der Waals surface area contributed by atoms with Gasteiger partial charge in [0.05, 0.1) is 32.1 Å². The zero-order valence-corrected chi connectivity index (χ0v) is 13.7. The molecule has 3 aromatic rings. The van der Waals surface area contributed by atoms with Crippen molar-refractivity contribution in [3.05, 3.63) is 60.2 Å². The van der Waals surface area contributed by atoms with Gasteiger partial charge >= 0.3 is 0 Å². The van der Waals surface area contributed by atoms with E-state index in [1.165, 1.54) is 11.3 Å². The fourth-order valence-corrected chi connectivity index (χ4v) is 3.10. The molecule has 0 bridgehead atoms. The van der Waals surface area contributed by atoms with Gasteiger partial charge in [0.1, 0.15) is 24.2 Å². The van der Waals surface area contributed by atoms with E-state index in [0.717, 1.165) is 37.8 Å². The maximum absolute atomic E-state index is 5.21. The summed E-state index contributed by atoms with van der Waals surface area (Å²) >= 11 is 0.